The number of allylic oxidation sites excluding steroid dienone is 2. The van der Waals surface area contributed by atoms with Crippen molar-refractivity contribution in [2.75, 3.05) is 30.7 Å². The highest BCUT2D eigenvalue weighted by atomic mass is 32.2. The first-order valence-electron chi connectivity index (χ1n) is 11.0. The van der Waals surface area contributed by atoms with Crippen LogP contribution in [0.5, 0.6) is 0 Å². The summed E-state index contributed by atoms with van der Waals surface area (Å²) >= 11 is 1.42. The van der Waals surface area contributed by atoms with Crippen LogP contribution in [-0.4, -0.2) is 45.4 Å². The minimum absolute atomic E-state index is 0.100. The van der Waals surface area contributed by atoms with E-state index in [1.54, 1.807) is 38.3 Å². The van der Waals surface area contributed by atoms with E-state index in [2.05, 4.69) is 21.6 Å². The number of hydrogen-bond donors (Lipinski definition) is 3. The quantitative estimate of drug-likeness (QED) is 0.268. The number of ether oxygens (including phenoxy) is 1. The summed E-state index contributed by atoms with van der Waals surface area (Å²) in [4.78, 5) is 9.85. The van der Waals surface area contributed by atoms with Gasteiger partial charge in [-0.25, -0.2) is 22.8 Å². The fraction of sp³-hybridized carbons (Fsp3) is 0.391. The Kier molecular flexibility index (Phi) is 8.81. The molecule has 2 aromatic rings. The van der Waals surface area contributed by atoms with Crippen LogP contribution < -0.4 is 15.8 Å². The lowest BCUT2D eigenvalue weighted by Crippen LogP contribution is -2.27. The molecule has 0 saturated carbocycles. The van der Waals surface area contributed by atoms with Gasteiger partial charge in [-0.15, -0.1) is 11.3 Å². The fourth-order valence-electron chi connectivity index (χ4n) is 3.55. The van der Waals surface area contributed by atoms with Gasteiger partial charge in [-0.1, -0.05) is 25.6 Å². The van der Waals surface area contributed by atoms with Gasteiger partial charge in [0.05, 0.1) is 32.7 Å². The van der Waals surface area contributed by atoms with Gasteiger partial charge in [0.2, 0.25) is 10.0 Å². The van der Waals surface area contributed by atoms with E-state index in [1.807, 2.05) is 0 Å². The lowest BCUT2D eigenvalue weighted by molar-refractivity contribution is 0.0853. The second-order valence-corrected chi connectivity index (χ2v) is 10.6. The van der Waals surface area contributed by atoms with Crippen LogP contribution in [0.4, 0.5) is 10.1 Å². The second kappa shape index (κ2) is 11.6. The van der Waals surface area contributed by atoms with Gasteiger partial charge in [0.25, 0.3) is 0 Å². The highest BCUT2D eigenvalue weighted by molar-refractivity contribution is 7.92. The lowest BCUT2D eigenvalue weighted by atomic mass is 10.0. The van der Waals surface area contributed by atoms with E-state index < -0.39 is 15.8 Å². The molecule has 34 heavy (non-hydrogen) atoms. The van der Waals surface area contributed by atoms with Crippen LogP contribution in [0, 0.1) is 5.82 Å². The first-order valence-corrected chi connectivity index (χ1v) is 13.5. The SMILES string of the molecule is C=C/C=C(\N=C(/N)NC)c1sc(C2CCOCC2)nc1-c1cccc(NS(=O)(=O)CCC)c1F. The van der Waals surface area contributed by atoms with Crippen LogP contribution in [0.15, 0.2) is 41.9 Å². The van der Waals surface area contributed by atoms with E-state index in [9.17, 15) is 8.42 Å². The molecule has 8 nitrogen and oxygen atoms in total. The second-order valence-electron chi connectivity index (χ2n) is 7.74. The average molecular weight is 508 g/mol. The number of nitrogens with one attached hydrogen (secondary N) is 2. The number of benzene rings is 1. The predicted molar refractivity (Wildman–Crippen MR) is 137 cm³/mol. The number of aromatic nitrogens is 1. The maximum atomic E-state index is 15.6. The number of anilines is 1. The van der Waals surface area contributed by atoms with Crippen molar-refractivity contribution in [3.63, 3.8) is 0 Å². The number of rotatable bonds is 9. The maximum absolute atomic E-state index is 15.6. The standard InChI is InChI=1S/C23H30FN5O3S2/c1-4-7-18(27-23(25)26-3)21-20(28-22(33-21)15-10-12-32-13-11-15)16-8-6-9-17(19(16)24)29-34(30,31)14-5-2/h4,6-9,15,29H,1,5,10-14H2,2-3H3,(H3,25,26,27)/b18-7-. The molecule has 2 heterocycles. The van der Waals surface area contributed by atoms with Crippen molar-refractivity contribution in [3.05, 3.63) is 52.6 Å². The zero-order valence-electron chi connectivity index (χ0n) is 19.3. The van der Waals surface area contributed by atoms with Crippen LogP contribution in [-0.2, 0) is 14.8 Å². The van der Waals surface area contributed by atoms with Crippen molar-refractivity contribution < 1.29 is 17.5 Å². The number of halogens is 1. The van der Waals surface area contributed by atoms with Crippen LogP contribution >= 0.6 is 11.3 Å². The predicted octanol–water partition coefficient (Wildman–Crippen LogP) is 4.06. The molecule has 1 saturated heterocycles. The molecule has 184 valence electrons. The van der Waals surface area contributed by atoms with Gasteiger partial charge in [0.15, 0.2) is 11.8 Å². The summed E-state index contributed by atoms with van der Waals surface area (Å²) in [5.74, 6) is -0.440. The van der Waals surface area contributed by atoms with E-state index in [4.69, 9.17) is 15.5 Å². The summed E-state index contributed by atoms with van der Waals surface area (Å²) in [6.07, 6.45) is 5.30. The van der Waals surface area contributed by atoms with Gasteiger partial charge in [0.1, 0.15) is 0 Å². The summed E-state index contributed by atoms with van der Waals surface area (Å²) in [6.45, 7) is 6.78. The molecule has 0 radical (unpaired) electrons. The van der Waals surface area contributed by atoms with Crippen molar-refractivity contribution in [2.24, 2.45) is 10.7 Å². The summed E-state index contributed by atoms with van der Waals surface area (Å²) in [7, 11) is -2.02. The monoisotopic (exact) mass is 507 g/mol. The Labute approximate surface area is 203 Å². The maximum Gasteiger partial charge on any atom is 0.232 e. The molecule has 0 aliphatic carbocycles. The summed E-state index contributed by atoms with van der Waals surface area (Å²) in [5.41, 5.74) is 6.82. The first-order chi connectivity index (χ1) is 16.3. The number of nitrogens with zero attached hydrogens (tertiary/aromatic N) is 2. The highest BCUT2D eigenvalue weighted by Crippen LogP contribution is 2.41. The van der Waals surface area contributed by atoms with Gasteiger partial charge < -0.3 is 15.8 Å². The molecule has 0 bridgehead atoms. The third kappa shape index (κ3) is 6.22. The topological polar surface area (TPSA) is 119 Å². The van der Waals surface area contributed by atoms with E-state index in [1.165, 1.54) is 17.4 Å². The molecular formula is C23H30FN5O3S2. The zero-order valence-corrected chi connectivity index (χ0v) is 20.9. The Morgan fingerprint density at radius 2 is 2.15 bits per heavy atom. The molecule has 1 aromatic carbocycles. The number of aliphatic imine (C=N–C) groups is 1. The molecule has 1 fully saturated rings. The molecule has 0 amide bonds. The average Bonchev–Trinajstić information content (AvgIpc) is 3.25. The number of hydrogen-bond acceptors (Lipinski definition) is 6. The Morgan fingerprint density at radius 1 is 1.41 bits per heavy atom. The van der Waals surface area contributed by atoms with E-state index in [0.29, 0.717) is 35.9 Å². The minimum Gasteiger partial charge on any atom is -0.381 e. The van der Waals surface area contributed by atoms with Crippen molar-refractivity contribution >= 4 is 38.7 Å². The molecule has 4 N–H and O–H groups in total. The van der Waals surface area contributed by atoms with Crippen LogP contribution in [0.1, 0.15) is 42.0 Å². The normalized spacial score (nSPS) is 15.9. The number of sulfonamides is 1. The molecule has 3 rings (SSSR count). The summed E-state index contributed by atoms with van der Waals surface area (Å²) in [5, 5.41) is 3.63. The van der Waals surface area contributed by atoms with E-state index in [-0.39, 0.29) is 28.9 Å². The lowest BCUT2D eigenvalue weighted by Gasteiger charge is -2.19. The van der Waals surface area contributed by atoms with Crippen molar-refractivity contribution in [1.29, 1.82) is 0 Å². The summed E-state index contributed by atoms with van der Waals surface area (Å²) in [6, 6.07) is 4.58. The molecule has 0 spiro atoms. The van der Waals surface area contributed by atoms with Crippen LogP contribution in [0.3, 0.4) is 0 Å². The largest absolute Gasteiger partial charge is 0.381 e. The van der Waals surface area contributed by atoms with E-state index in [0.717, 1.165) is 17.8 Å². The van der Waals surface area contributed by atoms with Gasteiger partial charge >= 0.3 is 0 Å². The number of nitrogens with two attached hydrogens (primary N) is 1. The molecular weight excluding hydrogens is 477 g/mol. The van der Waals surface area contributed by atoms with Gasteiger partial charge in [-0.3, -0.25) is 4.72 Å². The third-order valence-electron chi connectivity index (χ3n) is 5.21. The molecule has 11 heteroatoms. The first kappa shape index (κ1) is 25.9. The van der Waals surface area contributed by atoms with Crippen molar-refractivity contribution in [3.8, 4) is 11.3 Å². The van der Waals surface area contributed by atoms with Crippen molar-refractivity contribution in [1.82, 2.24) is 10.3 Å². The Bertz CT molecular complexity index is 1190. The Balaban J connectivity index is 2.16. The van der Waals surface area contributed by atoms with Gasteiger partial charge in [-0.2, -0.15) is 0 Å². The molecule has 0 atom stereocenters. The highest BCUT2D eigenvalue weighted by Gasteiger charge is 2.26. The van der Waals surface area contributed by atoms with Crippen LogP contribution in [0.2, 0.25) is 0 Å². The molecule has 0 unspecified atom stereocenters. The van der Waals surface area contributed by atoms with Crippen LogP contribution in [0.25, 0.3) is 17.0 Å². The molecule has 1 aliphatic heterocycles. The smallest absolute Gasteiger partial charge is 0.232 e. The molecule has 1 aliphatic rings. The number of thiazole rings is 1. The number of guanidine groups is 1. The van der Waals surface area contributed by atoms with Gasteiger partial charge in [-0.05, 0) is 37.5 Å². The summed E-state index contributed by atoms with van der Waals surface area (Å²) < 4.78 is 48.0. The molecule has 1 aromatic heterocycles. The van der Waals surface area contributed by atoms with Crippen molar-refractivity contribution in [2.45, 2.75) is 32.1 Å². The zero-order chi connectivity index (χ0) is 24.7. The Hall–Kier alpha value is -2.76. The fourth-order valence-corrected chi connectivity index (χ4v) is 5.91. The third-order valence-corrected chi connectivity index (χ3v) is 7.93. The van der Waals surface area contributed by atoms with Gasteiger partial charge in [0, 0.05) is 31.7 Å². The van der Waals surface area contributed by atoms with E-state index >= 15 is 4.39 Å². The minimum atomic E-state index is -3.67. The Morgan fingerprint density at radius 3 is 2.79 bits per heavy atom.